The maximum absolute atomic E-state index is 9.90. The maximum Gasteiger partial charge on any atom is 0.0724 e. The first-order valence-electron chi connectivity index (χ1n) is 7.48. The number of nitrogens with zero attached hydrogens (tertiary/aromatic N) is 1. The number of piperidine rings is 1. The van der Waals surface area contributed by atoms with Crippen LogP contribution in [0.25, 0.3) is 0 Å². The summed E-state index contributed by atoms with van der Waals surface area (Å²) in [6.07, 6.45) is 4.29. The van der Waals surface area contributed by atoms with Crippen LogP contribution in [0.4, 0.5) is 0 Å². The van der Waals surface area contributed by atoms with Gasteiger partial charge < -0.3 is 10.2 Å². The van der Waals surface area contributed by atoms with E-state index in [1.165, 1.54) is 11.1 Å². The van der Waals surface area contributed by atoms with Crippen LogP contribution >= 0.6 is 0 Å². The van der Waals surface area contributed by atoms with Crippen molar-refractivity contribution in [2.75, 3.05) is 19.7 Å². The van der Waals surface area contributed by atoms with Gasteiger partial charge in [0, 0.05) is 25.0 Å². The van der Waals surface area contributed by atoms with Crippen LogP contribution in [-0.4, -0.2) is 40.9 Å². The summed E-state index contributed by atoms with van der Waals surface area (Å²) in [4.78, 5) is 2.43. The van der Waals surface area contributed by atoms with Crippen molar-refractivity contribution in [1.29, 1.82) is 0 Å². The highest BCUT2D eigenvalue weighted by molar-refractivity contribution is 5.24. The summed E-state index contributed by atoms with van der Waals surface area (Å²) in [6, 6.07) is 10.5. The predicted octanol–water partition coefficient (Wildman–Crippen LogP) is 1.95. The fourth-order valence-electron chi connectivity index (χ4n) is 3.60. The van der Waals surface area contributed by atoms with Crippen LogP contribution in [0.1, 0.15) is 24.8 Å². The van der Waals surface area contributed by atoms with Gasteiger partial charge in [-0.1, -0.05) is 42.0 Å². The third-order valence-electron chi connectivity index (χ3n) is 4.77. The Balaban J connectivity index is 1.74. The van der Waals surface area contributed by atoms with E-state index < -0.39 is 0 Å². The molecule has 1 aromatic carbocycles. The average molecular weight is 273 g/mol. The molecule has 2 aliphatic rings. The summed E-state index contributed by atoms with van der Waals surface area (Å²) < 4.78 is 0. The molecule has 1 aromatic rings. The van der Waals surface area contributed by atoms with E-state index in [4.69, 9.17) is 0 Å². The second-order valence-electron chi connectivity index (χ2n) is 6.18. The Hall–Kier alpha value is -1.16. The zero-order valence-corrected chi connectivity index (χ0v) is 11.8. The number of fused-ring (bicyclic) bond motifs is 1. The molecule has 0 spiro atoms. The minimum Gasteiger partial charge on any atom is -0.395 e. The van der Waals surface area contributed by atoms with E-state index >= 15 is 0 Å². The van der Waals surface area contributed by atoms with Gasteiger partial charge in [-0.3, -0.25) is 4.90 Å². The molecule has 1 heterocycles. The topological polar surface area (TPSA) is 43.7 Å². The molecule has 3 heteroatoms. The van der Waals surface area contributed by atoms with Crippen molar-refractivity contribution in [2.45, 2.75) is 31.9 Å². The lowest BCUT2D eigenvalue weighted by atomic mass is 9.69. The predicted molar refractivity (Wildman–Crippen MR) is 79.2 cm³/mol. The smallest absolute Gasteiger partial charge is 0.0724 e. The number of hydrogen-bond donors (Lipinski definition) is 2. The molecule has 2 N–H and O–H groups in total. The lowest BCUT2D eigenvalue weighted by Crippen LogP contribution is -2.48. The van der Waals surface area contributed by atoms with Gasteiger partial charge in [-0.05, 0) is 24.8 Å². The van der Waals surface area contributed by atoms with Crippen LogP contribution in [-0.2, 0) is 6.54 Å². The van der Waals surface area contributed by atoms with Gasteiger partial charge in [0.2, 0.25) is 0 Å². The lowest BCUT2D eigenvalue weighted by molar-refractivity contribution is 0.0425. The van der Waals surface area contributed by atoms with Crippen molar-refractivity contribution in [3.8, 4) is 0 Å². The molecule has 0 aromatic heterocycles. The Morgan fingerprint density at radius 2 is 2.05 bits per heavy atom. The van der Waals surface area contributed by atoms with Gasteiger partial charge >= 0.3 is 0 Å². The summed E-state index contributed by atoms with van der Waals surface area (Å²) in [5.74, 6) is 0. The molecule has 3 nitrogen and oxygen atoms in total. The fraction of sp³-hybridized carbons (Fsp3) is 0.529. The van der Waals surface area contributed by atoms with Crippen LogP contribution in [0.15, 0.2) is 42.0 Å². The zero-order chi connectivity index (χ0) is 14.0. The van der Waals surface area contributed by atoms with Crippen molar-refractivity contribution in [2.24, 2.45) is 5.41 Å². The van der Waals surface area contributed by atoms with E-state index in [0.717, 1.165) is 38.9 Å². The van der Waals surface area contributed by atoms with Gasteiger partial charge in [-0.15, -0.1) is 0 Å². The van der Waals surface area contributed by atoms with Crippen LogP contribution in [0, 0.1) is 5.41 Å². The molecule has 1 fully saturated rings. The Morgan fingerprint density at radius 3 is 2.80 bits per heavy atom. The summed E-state index contributed by atoms with van der Waals surface area (Å²) in [7, 11) is 0. The SMILES string of the molecule is OC[C@@]12CC[C@@H](O)C=C1CCN(Cc1ccccc1)C2. The summed E-state index contributed by atoms with van der Waals surface area (Å²) in [5, 5.41) is 19.7. The first-order valence-corrected chi connectivity index (χ1v) is 7.48. The van der Waals surface area contributed by atoms with Gasteiger partial charge in [0.1, 0.15) is 0 Å². The van der Waals surface area contributed by atoms with Crippen LogP contribution in [0.3, 0.4) is 0 Å². The third-order valence-corrected chi connectivity index (χ3v) is 4.77. The second kappa shape index (κ2) is 5.68. The standard InChI is InChI=1S/C17H23NO2/c19-13-17-8-6-16(20)10-15(17)7-9-18(12-17)11-14-4-2-1-3-5-14/h1-5,10,16,19-20H,6-9,11-13H2/t16-,17+/m1/s1. The molecule has 1 aliphatic carbocycles. The molecule has 20 heavy (non-hydrogen) atoms. The molecule has 0 unspecified atom stereocenters. The van der Waals surface area contributed by atoms with E-state index in [9.17, 15) is 10.2 Å². The van der Waals surface area contributed by atoms with Crippen LogP contribution in [0.2, 0.25) is 0 Å². The molecule has 0 amide bonds. The van der Waals surface area contributed by atoms with Gasteiger partial charge in [0.05, 0.1) is 12.7 Å². The van der Waals surface area contributed by atoms with Crippen molar-refractivity contribution >= 4 is 0 Å². The monoisotopic (exact) mass is 273 g/mol. The minimum absolute atomic E-state index is 0.119. The molecule has 2 atom stereocenters. The van der Waals surface area contributed by atoms with E-state index in [-0.39, 0.29) is 18.1 Å². The van der Waals surface area contributed by atoms with Crippen molar-refractivity contribution in [3.63, 3.8) is 0 Å². The molecule has 0 radical (unpaired) electrons. The molecule has 3 rings (SSSR count). The Kier molecular flexibility index (Phi) is 3.92. The summed E-state index contributed by atoms with van der Waals surface area (Å²) in [6.45, 7) is 3.04. The van der Waals surface area contributed by atoms with Crippen LogP contribution in [0.5, 0.6) is 0 Å². The molecule has 1 saturated heterocycles. The highest BCUT2D eigenvalue weighted by atomic mass is 16.3. The number of likely N-dealkylation sites (tertiary alicyclic amines) is 1. The number of hydrogen-bond acceptors (Lipinski definition) is 3. The van der Waals surface area contributed by atoms with E-state index in [2.05, 4.69) is 29.2 Å². The molecule has 1 aliphatic heterocycles. The average Bonchev–Trinajstić information content (AvgIpc) is 2.49. The van der Waals surface area contributed by atoms with Crippen LogP contribution < -0.4 is 0 Å². The zero-order valence-electron chi connectivity index (χ0n) is 11.8. The Bertz CT molecular complexity index is 485. The largest absolute Gasteiger partial charge is 0.395 e. The Morgan fingerprint density at radius 1 is 1.25 bits per heavy atom. The van der Waals surface area contributed by atoms with Gasteiger partial charge in [-0.2, -0.15) is 0 Å². The normalized spacial score (nSPS) is 30.7. The lowest BCUT2D eigenvalue weighted by Gasteiger charge is -2.46. The van der Waals surface area contributed by atoms with E-state index in [1.807, 2.05) is 12.1 Å². The summed E-state index contributed by atoms with van der Waals surface area (Å²) >= 11 is 0. The molecular weight excluding hydrogens is 250 g/mol. The highest BCUT2D eigenvalue weighted by Crippen LogP contribution is 2.42. The molecule has 0 bridgehead atoms. The first kappa shape index (κ1) is 13.8. The number of aliphatic hydroxyl groups excluding tert-OH is 2. The minimum atomic E-state index is -0.314. The number of benzene rings is 1. The molecule has 108 valence electrons. The van der Waals surface area contributed by atoms with Gasteiger partial charge in [0.15, 0.2) is 0 Å². The highest BCUT2D eigenvalue weighted by Gasteiger charge is 2.41. The van der Waals surface area contributed by atoms with E-state index in [0.29, 0.717) is 0 Å². The quantitative estimate of drug-likeness (QED) is 0.827. The van der Waals surface area contributed by atoms with Gasteiger partial charge in [-0.25, -0.2) is 0 Å². The second-order valence-corrected chi connectivity index (χ2v) is 6.18. The molecular formula is C17H23NO2. The Labute approximate surface area is 120 Å². The van der Waals surface area contributed by atoms with Gasteiger partial charge in [0.25, 0.3) is 0 Å². The maximum atomic E-state index is 9.90. The van der Waals surface area contributed by atoms with Crippen molar-refractivity contribution in [3.05, 3.63) is 47.5 Å². The fourth-order valence-corrected chi connectivity index (χ4v) is 3.60. The number of aliphatic hydroxyl groups is 2. The van der Waals surface area contributed by atoms with Crippen molar-refractivity contribution in [1.82, 2.24) is 4.90 Å². The first-order chi connectivity index (χ1) is 9.72. The summed E-state index contributed by atoms with van der Waals surface area (Å²) in [5.41, 5.74) is 2.47. The third kappa shape index (κ3) is 2.66. The van der Waals surface area contributed by atoms with Crippen molar-refractivity contribution < 1.29 is 10.2 Å². The number of rotatable bonds is 3. The molecule has 0 saturated carbocycles. The van der Waals surface area contributed by atoms with E-state index in [1.54, 1.807) is 0 Å².